The van der Waals surface area contributed by atoms with Crippen LogP contribution < -0.4 is 5.32 Å². The summed E-state index contributed by atoms with van der Waals surface area (Å²) in [4.78, 5) is 14.4. The first-order chi connectivity index (χ1) is 14.3. The fourth-order valence-corrected chi connectivity index (χ4v) is 3.54. The van der Waals surface area contributed by atoms with Gasteiger partial charge in [-0.1, -0.05) is 17.7 Å². The van der Waals surface area contributed by atoms with Gasteiger partial charge in [-0.3, -0.25) is 9.69 Å². The van der Waals surface area contributed by atoms with Crippen LogP contribution in [0.5, 0.6) is 0 Å². The highest BCUT2D eigenvalue weighted by atomic mass is 35.5. The number of hydrogen-bond acceptors (Lipinski definition) is 4. The number of aromatic nitrogens is 1. The Balaban J connectivity index is 1.77. The molecule has 0 aliphatic carbocycles. The van der Waals surface area contributed by atoms with Gasteiger partial charge in [0.25, 0.3) is 0 Å². The third-order valence-corrected chi connectivity index (χ3v) is 5.35. The molecule has 1 N–H and O–H groups in total. The second-order valence-electron chi connectivity index (χ2n) is 7.13. The van der Waals surface area contributed by atoms with Crippen LogP contribution in [0.2, 0.25) is 5.02 Å². The summed E-state index contributed by atoms with van der Waals surface area (Å²) in [7, 11) is 1.70. The van der Waals surface area contributed by atoms with E-state index in [1.165, 1.54) is 12.1 Å². The molecule has 1 aromatic carbocycles. The van der Waals surface area contributed by atoms with Gasteiger partial charge in [0.1, 0.15) is 23.5 Å². The first kappa shape index (κ1) is 21.6. The number of benzene rings is 1. The summed E-state index contributed by atoms with van der Waals surface area (Å²) < 4.78 is 21.3. The second-order valence-corrected chi connectivity index (χ2v) is 7.54. The molecule has 0 saturated carbocycles. The first-order valence-electron chi connectivity index (χ1n) is 9.35. The number of anilines is 1. The maximum Gasteiger partial charge on any atom is 0.239 e. The van der Waals surface area contributed by atoms with Gasteiger partial charge in [0.2, 0.25) is 5.91 Å². The Morgan fingerprint density at radius 1 is 1.33 bits per heavy atom. The lowest BCUT2D eigenvalue weighted by molar-refractivity contribution is -0.117. The van der Waals surface area contributed by atoms with E-state index < -0.39 is 5.82 Å². The molecule has 0 aliphatic rings. The molecule has 0 bridgehead atoms. The minimum Gasteiger partial charge on any atom is -0.467 e. The van der Waals surface area contributed by atoms with Gasteiger partial charge in [-0.15, -0.1) is 0 Å². The van der Waals surface area contributed by atoms with Crippen LogP contribution in [0.15, 0.2) is 41.0 Å². The Kier molecular flexibility index (Phi) is 6.60. The Bertz CT molecular complexity index is 1080. The molecule has 0 atom stereocenters. The number of carbonyl (C=O) groups is 1. The SMILES string of the molecule is Cc1c(C#N)c(NC(=O)CN(C)Cc2c(F)cccc2Cl)n(Cc2ccco2)c1C. The lowest BCUT2D eigenvalue weighted by atomic mass is 10.2. The molecule has 0 spiro atoms. The molecule has 156 valence electrons. The average molecular weight is 429 g/mol. The van der Waals surface area contributed by atoms with Crippen LogP contribution in [0, 0.1) is 31.0 Å². The van der Waals surface area contributed by atoms with Gasteiger partial charge in [0.15, 0.2) is 0 Å². The van der Waals surface area contributed by atoms with E-state index in [0.717, 1.165) is 11.3 Å². The van der Waals surface area contributed by atoms with E-state index in [2.05, 4.69) is 11.4 Å². The van der Waals surface area contributed by atoms with Crippen molar-refractivity contribution in [2.75, 3.05) is 18.9 Å². The summed E-state index contributed by atoms with van der Waals surface area (Å²) in [6, 6.07) is 10.3. The van der Waals surface area contributed by atoms with E-state index in [1.54, 1.807) is 30.3 Å². The number of nitriles is 1. The number of carbonyl (C=O) groups excluding carboxylic acids is 1. The van der Waals surface area contributed by atoms with E-state index in [-0.39, 0.29) is 19.0 Å². The normalized spacial score (nSPS) is 11.0. The van der Waals surface area contributed by atoms with Crippen molar-refractivity contribution in [3.8, 4) is 6.07 Å². The van der Waals surface area contributed by atoms with E-state index in [9.17, 15) is 14.4 Å². The third-order valence-electron chi connectivity index (χ3n) is 5.00. The van der Waals surface area contributed by atoms with Crippen molar-refractivity contribution in [2.24, 2.45) is 0 Å². The van der Waals surface area contributed by atoms with Crippen molar-refractivity contribution in [3.63, 3.8) is 0 Å². The van der Waals surface area contributed by atoms with Gasteiger partial charge in [0.05, 0.1) is 24.9 Å². The molecular formula is C22H22ClFN4O2. The number of amides is 1. The zero-order valence-electron chi connectivity index (χ0n) is 17.0. The Morgan fingerprint density at radius 3 is 2.73 bits per heavy atom. The van der Waals surface area contributed by atoms with E-state index >= 15 is 0 Å². The number of nitrogens with one attached hydrogen (secondary N) is 1. The van der Waals surface area contributed by atoms with Crippen LogP contribution >= 0.6 is 11.6 Å². The molecular weight excluding hydrogens is 407 g/mol. The van der Waals surface area contributed by atoms with Gasteiger partial charge in [-0.25, -0.2) is 4.39 Å². The number of furan rings is 1. The average Bonchev–Trinajstić information content (AvgIpc) is 3.28. The van der Waals surface area contributed by atoms with E-state index in [4.69, 9.17) is 16.0 Å². The first-order valence-corrected chi connectivity index (χ1v) is 9.73. The molecule has 0 fully saturated rings. The van der Waals surface area contributed by atoms with E-state index in [1.807, 2.05) is 24.5 Å². The van der Waals surface area contributed by atoms with E-state index in [0.29, 0.717) is 34.3 Å². The van der Waals surface area contributed by atoms with Crippen LogP contribution in [0.4, 0.5) is 10.2 Å². The predicted molar refractivity (Wildman–Crippen MR) is 113 cm³/mol. The maximum atomic E-state index is 14.0. The van der Waals surface area contributed by atoms with Crippen molar-refractivity contribution in [1.29, 1.82) is 5.26 Å². The third kappa shape index (κ3) is 4.56. The predicted octanol–water partition coefficient (Wildman–Crippen LogP) is 4.48. The highest BCUT2D eigenvalue weighted by Crippen LogP contribution is 2.27. The number of rotatable bonds is 7. The molecule has 2 aromatic heterocycles. The van der Waals surface area contributed by atoms with Crippen molar-refractivity contribution < 1.29 is 13.6 Å². The number of hydrogen-bond donors (Lipinski definition) is 1. The summed E-state index contributed by atoms with van der Waals surface area (Å²) in [5.74, 6) is 0.394. The highest BCUT2D eigenvalue weighted by molar-refractivity contribution is 6.31. The van der Waals surface area contributed by atoms with Crippen LogP contribution in [-0.2, 0) is 17.9 Å². The van der Waals surface area contributed by atoms with Crippen molar-refractivity contribution in [2.45, 2.75) is 26.9 Å². The lowest BCUT2D eigenvalue weighted by Crippen LogP contribution is -2.31. The van der Waals surface area contributed by atoms with Gasteiger partial charge in [0, 0.05) is 22.8 Å². The smallest absolute Gasteiger partial charge is 0.239 e. The van der Waals surface area contributed by atoms with Gasteiger partial charge in [-0.2, -0.15) is 5.26 Å². The Hall–Kier alpha value is -3.08. The molecule has 0 saturated heterocycles. The van der Waals surface area contributed by atoms with Crippen LogP contribution in [0.1, 0.15) is 28.1 Å². The van der Waals surface area contributed by atoms with Gasteiger partial charge in [-0.05, 0) is 50.7 Å². The molecule has 8 heteroatoms. The largest absolute Gasteiger partial charge is 0.467 e. The Morgan fingerprint density at radius 2 is 2.10 bits per heavy atom. The minimum atomic E-state index is -0.417. The molecule has 2 heterocycles. The summed E-state index contributed by atoms with van der Waals surface area (Å²) in [6.07, 6.45) is 1.58. The summed E-state index contributed by atoms with van der Waals surface area (Å²) in [5, 5.41) is 12.8. The molecule has 6 nitrogen and oxygen atoms in total. The lowest BCUT2D eigenvalue weighted by Gasteiger charge is -2.18. The van der Waals surface area contributed by atoms with Gasteiger partial charge >= 0.3 is 0 Å². The molecule has 0 aliphatic heterocycles. The van der Waals surface area contributed by atoms with Crippen LogP contribution in [-0.4, -0.2) is 29.0 Å². The van der Waals surface area contributed by atoms with Crippen molar-refractivity contribution in [3.05, 3.63) is 75.6 Å². The monoisotopic (exact) mass is 428 g/mol. The van der Waals surface area contributed by atoms with Crippen LogP contribution in [0.3, 0.4) is 0 Å². The number of nitrogens with zero attached hydrogens (tertiary/aromatic N) is 3. The molecule has 0 unspecified atom stereocenters. The highest BCUT2D eigenvalue weighted by Gasteiger charge is 2.21. The molecule has 30 heavy (non-hydrogen) atoms. The molecule has 0 radical (unpaired) electrons. The summed E-state index contributed by atoms with van der Waals surface area (Å²) in [6.45, 7) is 4.29. The fraction of sp³-hybridized carbons (Fsp3) is 0.273. The molecule has 1 amide bonds. The standard InChI is InChI=1S/C22H22ClFN4O2/c1-14-15(2)28(11-16-6-5-9-30-16)22(17(14)10-25)26-21(29)13-27(3)12-18-19(23)7-4-8-20(18)24/h4-9H,11-13H2,1-3H3,(H,26,29). The van der Waals surface area contributed by atoms with Gasteiger partial charge < -0.3 is 14.3 Å². The fourth-order valence-electron chi connectivity index (χ4n) is 3.31. The maximum absolute atomic E-state index is 14.0. The van der Waals surface area contributed by atoms with Crippen LogP contribution in [0.25, 0.3) is 0 Å². The zero-order chi connectivity index (χ0) is 21.8. The summed E-state index contributed by atoms with van der Waals surface area (Å²) >= 11 is 6.07. The second kappa shape index (κ2) is 9.16. The molecule has 3 aromatic rings. The zero-order valence-corrected chi connectivity index (χ0v) is 17.8. The quantitative estimate of drug-likeness (QED) is 0.602. The minimum absolute atomic E-state index is 0.000438. The topological polar surface area (TPSA) is 74.2 Å². The van der Waals surface area contributed by atoms with Crippen molar-refractivity contribution in [1.82, 2.24) is 9.47 Å². The Labute approximate surface area is 179 Å². The number of halogens is 2. The molecule has 3 rings (SSSR count). The summed E-state index contributed by atoms with van der Waals surface area (Å²) in [5.41, 5.74) is 2.41. The van der Waals surface area contributed by atoms with Crippen molar-refractivity contribution >= 4 is 23.3 Å². The number of likely N-dealkylation sites (N-methyl/N-ethyl adjacent to an activating group) is 1.